The van der Waals surface area contributed by atoms with E-state index in [1.165, 1.54) is 6.08 Å². The lowest BCUT2D eigenvalue weighted by Gasteiger charge is -2.34. The van der Waals surface area contributed by atoms with Crippen LogP contribution in [0.15, 0.2) is 60.2 Å². The molecule has 2 aromatic carbocycles. The molecule has 4 rings (SSSR count). The molecule has 0 radical (unpaired) electrons. The van der Waals surface area contributed by atoms with Gasteiger partial charge in [0.25, 0.3) is 11.8 Å². The van der Waals surface area contributed by atoms with Gasteiger partial charge in [-0.05, 0) is 56.2 Å². The van der Waals surface area contributed by atoms with Crippen LogP contribution in [0.1, 0.15) is 36.2 Å². The molecule has 2 heterocycles. The van der Waals surface area contributed by atoms with E-state index < -0.39 is 0 Å². The molecule has 1 fully saturated rings. The minimum atomic E-state index is -0.289. The smallest absolute Gasteiger partial charge is 0.264 e. The van der Waals surface area contributed by atoms with Gasteiger partial charge in [-0.1, -0.05) is 29.8 Å². The SMILES string of the molecule is C/C=C(\C#N)C(=O)N1CCCC(n2c(NC(=O)c3ccc(Cl)cc3)nc3ccccc32)C1. The predicted octanol–water partition coefficient (Wildman–Crippen LogP) is 4.58. The first kappa shape index (κ1) is 21.6. The number of hydrogen-bond acceptors (Lipinski definition) is 4. The Labute approximate surface area is 190 Å². The monoisotopic (exact) mass is 447 g/mol. The molecule has 8 heteroatoms. The van der Waals surface area contributed by atoms with Gasteiger partial charge in [-0.25, -0.2) is 4.98 Å². The van der Waals surface area contributed by atoms with Crippen molar-refractivity contribution in [2.75, 3.05) is 18.4 Å². The Bertz CT molecular complexity index is 1240. The Morgan fingerprint density at radius 1 is 1.22 bits per heavy atom. The molecule has 162 valence electrons. The first-order chi connectivity index (χ1) is 15.5. The number of halogens is 1. The third-order valence-corrected chi connectivity index (χ3v) is 5.87. The molecule has 1 aliphatic rings. The minimum Gasteiger partial charge on any atom is -0.336 e. The van der Waals surface area contributed by atoms with Crippen LogP contribution in [0.2, 0.25) is 5.02 Å². The van der Waals surface area contributed by atoms with Crippen LogP contribution in [0.4, 0.5) is 5.95 Å². The lowest BCUT2D eigenvalue weighted by Crippen LogP contribution is -2.41. The number of carbonyl (C=O) groups is 2. The molecule has 0 aliphatic carbocycles. The zero-order chi connectivity index (χ0) is 22.7. The molecule has 0 bridgehead atoms. The summed E-state index contributed by atoms with van der Waals surface area (Å²) in [6.07, 6.45) is 3.15. The number of carbonyl (C=O) groups excluding carboxylic acids is 2. The molecular formula is C24H22ClN5O2. The zero-order valence-electron chi connectivity index (χ0n) is 17.6. The third-order valence-electron chi connectivity index (χ3n) is 5.62. The number of imidazole rings is 1. The fourth-order valence-electron chi connectivity index (χ4n) is 4.03. The lowest BCUT2D eigenvalue weighted by atomic mass is 10.0. The van der Waals surface area contributed by atoms with Gasteiger partial charge < -0.3 is 9.47 Å². The standard InChI is InChI=1S/C24H22ClN5O2/c1-2-16(14-26)23(32)29-13-5-6-19(15-29)30-21-8-4-3-7-20(21)27-24(30)28-22(31)17-9-11-18(25)12-10-17/h2-4,7-12,19H,5-6,13,15H2,1H3,(H,27,28,31)/b16-2+. The van der Waals surface area contributed by atoms with Crippen LogP contribution < -0.4 is 5.32 Å². The number of amides is 2. The Morgan fingerprint density at radius 3 is 2.69 bits per heavy atom. The van der Waals surface area contributed by atoms with Gasteiger partial charge in [0.2, 0.25) is 5.95 Å². The highest BCUT2D eigenvalue weighted by Crippen LogP contribution is 2.31. The van der Waals surface area contributed by atoms with E-state index in [4.69, 9.17) is 11.6 Å². The Kier molecular flexibility index (Phi) is 6.24. The molecule has 0 spiro atoms. The van der Waals surface area contributed by atoms with Gasteiger partial charge in [0.15, 0.2) is 0 Å². The van der Waals surface area contributed by atoms with E-state index in [0.717, 1.165) is 23.9 Å². The van der Waals surface area contributed by atoms with E-state index in [0.29, 0.717) is 29.6 Å². The van der Waals surface area contributed by atoms with Crippen LogP contribution in [0.3, 0.4) is 0 Å². The van der Waals surface area contributed by atoms with Gasteiger partial charge in [0.05, 0.1) is 17.1 Å². The largest absolute Gasteiger partial charge is 0.336 e. The van der Waals surface area contributed by atoms with Crippen LogP contribution in [-0.2, 0) is 4.79 Å². The fourth-order valence-corrected chi connectivity index (χ4v) is 4.16. The maximum atomic E-state index is 12.9. The van der Waals surface area contributed by atoms with Crippen molar-refractivity contribution in [2.24, 2.45) is 0 Å². The van der Waals surface area contributed by atoms with Crippen molar-refractivity contribution in [3.8, 4) is 6.07 Å². The summed E-state index contributed by atoms with van der Waals surface area (Å²) in [5, 5.41) is 12.7. The van der Waals surface area contributed by atoms with Crippen molar-refractivity contribution in [1.29, 1.82) is 5.26 Å². The summed E-state index contributed by atoms with van der Waals surface area (Å²) in [6.45, 7) is 2.71. The van der Waals surface area contributed by atoms with Crippen molar-refractivity contribution >= 4 is 40.4 Å². The molecule has 1 aromatic heterocycles. The van der Waals surface area contributed by atoms with Crippen LogP contribution in [-0.4, -0.2) is 39.4 Å². The molecule has 1 aliphatic heterocycles. The quantitative estimate of drug-likeness (QED) is 0.468. The van der Waals surface area contributed by atoms with Crippen molar-refractivity contribution < 1.29 is 9.59 Å². The van der Waals surface area contributed by atoms with Crippen LogP contribution >= 0.6 is 11.6 Å². The summed E-state index contributed by atoms with van der Waals surface area (Å²) in [5.41, 5.74) is 2.25. The summed E-state index contributed by atoms with van der Waals surface area (Å²) >= 11 is 5.93. The molecule has 2 amide bonds. The van der Waals surface area contributed by atoms with E-state index in [1.807, 2.05) is 34.9 Å². The Hall–Kier alpha value is -3.63. The average molecular weight is 448 g/mol. The maximum Gasteiger partial charge on any atom is 0.264 e. The van der Waals surface area contributed by atoms with E-state index in [-0.39, 0.29) is 23.4 Å². The first-order valence-corrected chi connectivity index (χ1v) is 10.8. The highest BCUT2D eigenvalue weighted by molar-refractivity contribution is 6.30. The number of piperidine rings is 1. The second-order valence-corrected chi connectivity index (χ2v) is 8.05. The molecular weight excluding hydrogens is 426 g/mol. The molecule has 3 aromatic rings. The molecule has 1 saturated heterocycles. The summed E-state index contributed by atoms with van der Waals surface area (Å²) in [7, 11) is 0. The van der Waals surface area contributed by atoms with E-state index in [9.17, 15) is 14.9 Å². The third kappa shape index (κ3) is 4.23. The summed E-state index contributed by atoms with van der Waals surface area (Å²) < 4.78 is 1.99. The number of nitrogens with zero attached hydrogens (tertiary/aromatic N) is 4. The number of nitrogens with one attached hydrogen (secondary N) is 1. The topological polar surface area (TPSA) is 91.0 Å². The van der Waals surface area contributed by atoms with Crippen molar-refractivity contribution in [3.63, 3.8) is 0 Å². The van der Waals surface area contributed by atoms with Gasteiger partial charge in [-0.15, -0.1) is 0 Å². The number of hydrogen-bond donors (Lipinski definition) is 1. The minimum absolute atomic E-state index is 0.0857. The van der Waals surface area contributed by atoms with Crippen LogP contribution in [0.5, 0.6) is 0 Å². The highest BCUT2D eigenvalue weighted by Gasteiger charge is 2.29. The number of aromatic nitrogens is 2. The fraction of sp³-hybridized carbons (Fsp3) is 0.250. The maximum absolute atomic E-state index is 12.9. The molecule has 1 unspecified atom stereocenters. The number of para-hydroxylation sites is 2. The number of allylic oxidation sites excluding steroid dienone is 1. The number of likely N-dealkylation sites (tertiary alicyclic amines) is 1. The zero-order valence-corrected chi connectivity index (χ0v) is 18.3. The molecule has 0 saturated carbocycles. The van der Waals surface area contributed by atoms with Crippen molar-refractivity contribution in [1.82, 2.24) is 14.5 Å². The summed E-state index contributed by atoms with van der Waals surface area (Å²) in [4.78, 5) is 32.0. The van der Waals surface area contributed by atoms with Gasteiger partial charge in [0, 0.05) is 23.7 Å². The van der Waals surface area contributed by atoms with Crippen molar-refractivity contribution in [3.05, 3.63) is 70.8 Å². The van der Waals surface area contributed by atoms with Gasteiger partial charge in [-0.2, -0.15) is 5.26 Å². The van der Waals surface area contributed by atoms with E-state index in [1.54, 1.807) is 36.1 Å². The average Bonchev–Trinajstić information content (AvgIpc) is 3.18. The lowest BCUT2D eigenvalue weighted by molar-refractivity contribution is -0.128. The van der Waals surface area contributed by atoms with Crippen LogP contribution in [0.25, 0.3) is 11.0 Å². The van der Waals surface area contributed by atoms with Gasteiger partial charge in [-0.3, -0.25) is 14.9 Å². The van der Waals surface area contributed by atoms with E-state index in [2.05, 4.69) is 10.3 Å². The molecule has 1 N–H and O–H groups in total. The number of benzene rings is 2. The normalized spacial score (nSPS) is 16.6. The van der Waals surface area contributed by atoms with E-state index >= 15 is 0 Å². The van der Waals surface area contributed by atoms with Crippen molar-refractivity contribution in [2.45, 2.75) is 25.8 Å². The first-order valence-electron chi connectivity index (χ1n) is 10.4. The number of nitriles is 1. The van der Waals surface area contributed by atoms with Gasteiger partial charge >= 0.3 is 0 Å². The summed E-state index contributed by atoms with van der Waals surface area (Å²) in [5.74, 6) is -0.129. The Balaban J connectivity index is 1.67. The number of rotatable bonds is 4. The Morgan fingerprint density at radius 2 is 1.97 bits per heavy atom. The second kappa shape index (κ2) is 9.25. The molecule has 32 heavy (non-hydrogen) atoms. The second-order valence-electron chi connectivity index (χ2n) is 7.62. The summed E-state index contributed by atoms with van der Waals surface area (Å²) in [6, 6.07) is 16.2. The number of fused-ring (bicyclic) bond motifs is 1. The van der Waals surface area contributed by atoms with Crippen LogP contribution in [0, 0.1) is 11.3 Å². The molecule has 1 atom stereocenters. The number of anilines is 1. The van der Waals surface area contributed by atoms with Gasteiger partial charge in [0.1, 0.15) is 11.6 Å². The predicted molar refractivity (Wildman–Crippen MR) is 123 cm³/mol. The molecule has 7 nitrogen and oxygen atoms in total. The highest BCUT2D eigenvalue weighted by atomic mass is 35.5.